The van der Waals surface area contributed by atoms with E-state index >= 15 is 0 Å². The fourth-order valence-corrected chi connectivity index (χ4v) is 4.89. The van der Waals surface area contributed by atoms with Crippen molar-refractivity contribution in [3.05, 3.63) is 34.3 Å². The van der Waals surface area contributed by atoms with Crippen LogP contribution in [0.2, 0.25) is 0 Å². The van der Waals surface area contributed by atoms with Crippen LogP contribution in [-0.2, 0) is 24.5 Å². The van der Waals surface area contributed by atoms with Crippen LogP contribution in [0.25, 0.3) is 0 Å². The van der Waals surface area contributed by atoms with Crippen molar-refractivity contribution in [2.24, 2.45) is 0 Å². The molecule has 0 aliphatic carbocycles. The number of rotatable bonds is 4. The Bertz CT molecular complexity index is 737. The Morgan fingerprint density at radius 1 is 0.833 bits per heavy atom. The number of nitrogens with zero attached hydrogens (tertiary/aromatic N) is 3. The average Bonchev–Trinajstić information content (AvgIpc) is 2.80. The molecule has 4 rings (SSSR count). The van der Waals surface area contributed by atoms with Gasteiger partial charge in [-0.05, 0) is 30.5 Å². The second kappa shape index (κ2) is 9.77. The highest BCUT2D eigenvalue weighted by Crippen LogP contribution is 2.37. The fraction of sp³-hybridized carbons (Fsp3) is 0.636. The van der Waals surface area contributed by atoms with Gasteiger partial charge in [-0.3, -0.25) is 14.5 Å². The van der Waals surface area contributed by atoms with E-state index in [0.717, 1.165) is 23.1 Å². The topological polar surface area (TPSA) is 62.3 Å². The SMILES string of the molecule is O=C(CN1CCOCC1)N1CCN(C(=O)C2(c3ccc(Br)cc3)CCOCC2)CC1. The zero-order valence-corrected chi connectivity index (χ0v) is 18.9. The van der Waals surface area contributed by atoms with Crippen LogP contribution in [-0.4, -0.2) is 98.8 Å². The fourth-order valence-electron chi connectivity index (χ4n) is 4.63. The molecule has 3 saturated heterocycles. The van der Waals surface area contributed by atoms with E-state index in [0.29, 0.717) is 72.0 Å². The summed E-state index contributed by atoms with van der Waals surface area (Å²) in [4.78, 5) is 32.4. The highest BCUT2D eigenvalue weighted by molar-refractivity contribution is 9.10. The van der Waals surface area contributed by atoms with Crippen molar-refractivity contribution in [3.8, 4) is 0 Å². The first kappa shape index (κ1) is 21.7. The lowest BCUT2D eigenvalue weighted by Crippen LogP contribution is -2.57. The van der Waals surface area contributed by atoms with E-state index in [9.17, 15) is 9.59 Å². The summed E-state index contributed by atoms with van der Waals surface area (Å²) in [6, 6.07) is 8.11. The minimum atomic E-state index is -0.529. The summed E-state index contributed by atoms with van der Waals surface area (Å²) >= 11 is 3.49. The van der Waals surface area contributed by atoms with E-state index in [4.69, 9.17) is 9.47 Å². The number of benzene rings is 1. The van der Waals surface area contributed by atoms with Crippen molar-refractivity contribution in [2.45, 2.75) is 18.3 Å². The summed E-state index contributed by atoms with van der Waals surface area (Å²) in [5.74, 6) is 0.325. The third-order valence-electron chi connectivity index (χ3n) is 6.53. The molecule has 2 amide bonds. The van der Waals surface area contributed by atoms with Crippen molar-refractivity contribution in [2.75, 3.05) is 72.2 Å². The molecule has 7 nitrogen and oxygen atoms in total. The van der Waals surface area contributed by atoms with Gasteiger partial charge in [-0.2, -0.15) is 0 Å². The maximum Gasteiger partial charge on any atom is 0.236 e. The molecule has 0 unspecified atom stereocenters. The number of carbonyl (C=O) groups excluding carboxylic acids is 2. The first-order valence-corrected chi connectivity index (χ1v) is 11.6. The summed E-state index contributed by atoms with van der Waals surface area (Å²) in [7, 11) is 0. The smallest absolute Gasteiger partial charge is 0.236 e. The molecular formula is C22H30BrN3O4. The van der Waals surface area contributed by atoms with Crippen molar-refractivity contribution in [3.63, 3.8) is 0 Å². The largest absolute Gasteiger partial charge is 0.381 e. The minimum absolute atomic E-state index is 0.151. The normalized spacial score (nSPS) is 22.7. The Kier molecular flexibility index (Phi) is 7.08. The molecule has 3 fully saturated rings. The molecule has 0 spiro atoms. The molecule has 3 aliphatic rings. The Morgan fingerprint density at radius 3 is 2.03 bits per heavy atom. The molecule has 8 heteroatoms. The number of amides is 2. The maximum absolute atomic E-state index is 13.7. The number of carbonyl (C=O) groups is 2. The lowest BCUT2D eigenvalue weighted by Gasteiger charge is -2.43. The quantitative estimate of drug-likeness (QED) is 0.654. The molecule has 0 N–H and O–H groups in total. The molecule has 0 saturated carbocycles. The van der Waals surface area contributed by atoms with E-state index in [2.05, 4.69) is 33.0 Å². The first-order chi connectivity index (χ1) is 14.6. The molecule has 0 atom stereocenters. The molecule has 1 aromatic carbocycles. The lowest BCUT2D eigenvalue weighted by molar-refractivity contribution is -0.147. The van der Waals surface area contributed by atoms with Crippen molar-refractivity contribution in [1.82, 2.24) is 14.7 Å². The Labute approximate surface area is 186 Å². The van der Waals surface area contributed by atoms with Gasteiger partial charge in [0, 0.05) is 57.0 Å². The molecule has 3 aliphatic heterocycles. The minimum Gasteiger partial charge on any atom is -0.381 e. The standard InChI is InChI=1S/C22H30BrN3O4/c23-19-3-1-18(2-4-19)22(5-13-29-14-6-22)21(28)26-9-7-25(8-10-26)20(27)17-24-11-15-30-16-12-24/h1-4H,5-17H2. The highest BCUT2D eigenvalue weighted by atomic mass is 79.9. The van der Waals surface area contributed by atoms with Gasteiger partial charge in [0.2, 0.25) is 11.8 Å². The van der Waals surface area contributed by atoms with E-state index in [1.807, 2.05) is 21.9 Å². The van der Waals surface area contributed by atoms with Gasteiger partial charge in [0.05, 0.1) is 25.2 Å². The van der Waals surface area contributed by atoms with Gasteiger partial charge in [-0.1, -0.05) is 28.1 Å². The van der Waals surface area contributed by atoms with Gasteiger partial charge < -0.3 is 19.3 Å². The molecule has 0 bridgehead atoms. The number of hydrogen-bond donors (Lipinski definition) is 0. The Balaban J connectivity index is 1.39. The number of ether oxygens (including phenoxy) is 2. The monoisotopic (exact) mass is 479 g/mol. The van der Waals surface area contributed by atoms with Gasteiger partial charge in [0.15, 0.2) is 0 Å². The first-order valence-electron chi connectivity index (χ1n) is 10.8. The third-order valence-corrected chi connectivity index (χ3v) is 7.06. The van der Waals surface area contributed by atoms with E-state index in [1.54, 1.807) is 0 Å². The highest BCUT2D eigenvalue weighted by Gasteiger charge is 2.44. The molecule has 164 valence electrons. The van der Waals surface area contributed by atoms with E-state index in [-0.39, 0.29) is 11.8 Å². The summed E-state index contributed by atoms with van der Waals surface area (Å²) in [5, 5.41) is 0. The van der Waals surface area contributed by atoms with E-state index < -0.39 is 5.41 Å². The Hall–Kier alpha value is -1.48. The van der Waals surface area contributed by atoms with Gasteiger partial charge in [0.25, 0.3) is 0 Å². The number of morpholine rings is 1. The molecular weight excluding hydrogens is 450 g/mol. The van der Waals surface area contributed by atoms with Crippen LogP contribution in [0.5, 0.6) is 0 Å². The molecule has 30 heavy (non-hydrogen) atoms. The number of piperazine rings is 1. The van der Waals surface area contributed by atoms with Crippen molar-refractivity contribution >= 4 is 27.7 Å². The third kappa shape index (κ3) is 4.72. The van der Waals surface area contributed by atoms with Crippen LogP contribution in [0.1, 0.15) is 18.4 Å². The second-order valence-electron chi connectivity index (χ2n) is 8.26. The predicted molar refractivity (Wildman–Crippen MR) is 116 cm³/mol. The van der Waals surface area contributed by atoms with Crippen LogP contribution in [0.3, 0.4) is 0 Å². The molecule has 0 aromatic heterocycles. The van der Waals surface area contributed by atoms with Gasteiger partial charge in [-0.25, -0.2) is 0 Å². The average molecular weight is 480 g/mol. The summed E-state index contributed by atoms with van der Waals surface area (Å²) in [6.45, 7) is 7.01. The summed E-state index contributed by atoms with van der Waals surface area (Å²) < 4.78 is 11.9. The zero-order valence-electron chi connectivity index (χ0n) is 17.4. The number of halogens is 1. The van der Waals surface area contributed by atoms with Crippen LogP contribution < -0.4 is 0 Å². The van der Waals surface area contributed by atoms with E-state index in [1.165, 1.54) is 0 Å². The van der Waals surface area contributed by atoms with Crippen molar-refractivity contribution < 1.29 is 19.1 Å². The van der Waals surface area contributed by atoms with Crippen molar-refractivity contribution in [1.29, 1.82) is 0 Å². The summed E-state index contributed by atoms with van der Waals surface area (Å²) in [5.41, 5.74) is 0.531. The molecule has 0 radical (unpaired) electrons. The molecule has 3 heterocycles. The van der Waals surface area contributed by atoms with Crippen LogP contribution in [0.15, 0.2) is 28.7 Å². The zero-order chi connectivity index (χ0) is 21.0. The van der Waals surface area contributed by atoms with Gasteiger partial charge in [-0.15, -0.1) is 0 Å². The van der Waals surface area contributed by atoms with Crippen LogP contribution >= 0.6 is 15.9 Å². The van der Waals surface area contributed by atoms with Crippen LogP contribution in [0, 0.1) is 0 Å². The van der Waals surface area contributed by atoms with Gasteiger partial charge >= 0.3 is 0 Å². The Morgan fingerprint density at radius 2 is 1.40 bits per heavy atom. The molecule has 1 aromatic rings. The maximum atomic E-state index is 13.7. The second-order valence-corrected chi connectivity index (χ2v) is 9.18. The number of hydrogen-bond acceptors (Lipinski definition) is 5. The summed E-state index contributed by atoms with van der Waals surface area (Å²) in [6.07, 6.45) is 1.40. The predicted octanol–water partition coefficient (Wildman–Crippen LogP) is 1.50. The van der Waals surface area contributed by atoms with Crippen LogP contribution in [0.4, 0.5) is 0 Å². The lowest BCUT2D eigenvalue weighted by atomic mass is 9.73. The van der Waals surface area contributed by atoms with Gasteiger partial charge in [0.1, 0.15) is 0 Å².